The maximum atomic E-state index is 5.30. The van der Waals surface area contributed by atoms with E-state index in [0.29, 0.717) is 11.2 Å². The van der Waals surface area contributed by atoms with Crippen molar-refractivity contribution in [3.8, 4) is 0 Å². The molecule has 0 radical (unpaired) electrons. The predicted octanol–water partition coefficient (Wildman–Crippen LogP) is 0.0444. The molecule has 2 rings (SSSR count). The minimum Gasteiger partial charge on any atom is -0.380 e. The number of rotatable bonds is 4. The van der Waals surface area contributed by atoms with Gasteiger partial charge in [-0.15, -0.1) is 10.2 Å². The van der Waals surface area contributed by atoms with E-state index >= 15 is 0 Å². The third-order valence-corrected chi connectivity index (χ3v) is 3.35. The smallest absolute Gasteiger partial charge is 0.219 e. The lowest BCUT2D eigenvalue weighted by molar-refractivity contribution is 0.107. The fourth-order valence-corrected chi connectivity index (χ4v) is 2.39. The summed E-state index contributed by atoms with van der Waals surface area (Å²) in [4.78, 5) is 2.31. The summed E-state index contributed by atoms with van der Waals surface area (Å²) in [7, 11) is 1.76. The van der Waals surface area contributed by atoms with Gasteiger partial charge in [0, 0.05) is 20.2 Å². The number of hydrogen-bond acceptors (Lipinski definition) is 7. The van der Waals surface area contributed by atoms with Crippen LogP contribution in [-0.4, -0.2) is 41.4 Å². The van der Waals surface area contributed by atoms with Crippen LogP contribution < -0.4 is 11.3 Å². The van der Waals surface area contributed by atoms with E-state index in [1.54, 1.807) is 7.11 Å². The molecule has 1 unspecified atom stereocenters. The lowest BCUT2D eigenvalue weighted by Crippen LogP contribution is -2.22. The molecule has 0 amide bonds. The van der Waals surface area contributed by atoms with Gasteiger partial charge in [0.05, 0.1) is 12.6 Å². The first kappa shape index (κ1) is 10.7. The van der Waals surface area contributed by atoms with Crippen LogP contribution in [0.3, 0.4) is 0 Å². The molecule has 1 aliphatic heterocycles. The van der Waals surface area contributed by atoms with E-state index in [-0.39, 0.29) is 0 Å². The number of hydrazine groups is 1. The number of aromatic nitrogens is 2. The highest BCUT2D eigenvalue weighted by atomic mass is 32.1. The van der Waals surface area contributed by atoms with Crippen molar-refractivity contribution in [2.75, 3.05) is 25.6 Å². The monoisotopic (exact) mass is 229 g/mol. The molecule has 0 saturated carbocycles. The van der Waals surface area contributed by atoms with E-state index in [1.807, 2.05) is 0 Å². The van der Waals surface area contributed by atoms with Crippen LogP contribution in [0.2, 0.25) is 0 Å². The van der Waals surface area contributed by atoms with E-state index in [9.17, 15) is 0 Å². The molecule has 7 heteroatoms. The molecule has 15 heavy (non-hydrogen) atoms. The molecule has 1 atom stereocenters. The molecule has 0 spiro atoms. The van der Waals surface area contributed by atoms with E-state index in [1.165, 1.54) is 11.3 Å². The number of methoxy groups -OCH3 is 1. The van der Waals surface area contributed by atoms with Crippen molar-refractivity contribution >= 4 is 16.5 Å². The molecular weight excluding hydrogens is 214 g/mol. The Labute approximate surface area is 92.4 Å². The molecule has 0 bridgehead atoms. The third-order valence-electron chi connectivity index (χ3n) is 2.51. The fraction of sp³-hybridized carbons (Fsp3) is 0.750. The molecule has 0 aliphatic carbocycles. The molecule has 1 fully saturated rings. The van der Waals surface area contributed by atoms with Crippen LogP contribution in [0.4, 0.5) is 5.13 Å². The Balaban J connectivity index is 1.87. The number of ether oxygens (including phenoxy) is 1. The molecule has 1 saturated heterocycles. The number of nitrogens with zero attached hydrogens (tertiary/aromatic N) is 3. The Morgan fingerprint density at radius 3 is 3.13 bits per heavy atom. The van der Waals surface area contributed by atoms with E-state index in [2.05, 4.69) is 20.5 Å². The summed E-state index contributed by atoms with van der Waals surface area (Å²) in [5, 5.41) is 9.58. The summed E-state index contributed by atoms with van der Waals surface area (Å²) >= 11 is 1.49. The summed E-state index contributed by atoms with van der Waals surface area (Å²) in [5.74, 6) is 5.24. The molecular formula is C8H15N5OS. The highest BCUT2D eigenvalue weighted by Gasteiger charge is 2.22. The second kappa shape index (κ2) is 4.84. The predicted molar refractivity (Wildman–Crippen MR) is 58.4 cm³/mol. The van der Waals surface area contributed by atoms with Gasteiger partial charge in [-0.2, -0.15) is 0 Å². The highest BCUT2D eigenvalue weighted by Crippen LogP contribution is 2.19. The average molecular weight is 229 g/mol. The van der Waals surface area contributed by atoms with Gasteiger partial charge in [0.15, 0.2) is 0 Å². The van der Waals surface area contributed by atoms with Crippen molar-refractivity contribution in [3.63, 3.8) is 0 Å². The molecule has 3 N–H and O–H groups in total. The van der Waals surface area contributed by atoms with Gasteiger partial charge < -0.3 is 4.74 Å². The van der Waals surface area contributed by atoms with Gasteiger partial charge in [0.2, 0.25) is 5.13 Å². The van der Waals surface area contributed by atoms with Crippen LogP contribution in [0, 0.1) is 0 Å². The summed E-state index contributed by atoms with van der Waals surface area (Å²) in [6.45, 7) is 2.87. The first-order valence-electron chi connectivity index (χ1n) is 4.86. The molecule has 84 valence electrons. The standard InChI is InChI=1S/C8H15N5OS/c1-14-6-2-3-13(4-6)5-7-11-12-8(10-9)15-7/h6H,2-5,9H2,1H3,(H,10,12). The quantitative estimate of drug-likeness (QED) is 0.561. The first-order valence-corrected chi connectivity index (χ1v) is 5.67. The molecule has 1 aromatic rings. The molecule has 6 nitrogen and oxygen atoms in total. The van der Waals surface area contributed by atoms with Gasteiger partial charge in [-0.3, -0.25) is 10.3 Å². The maximum absolute atomic E-state index is 5.30. The molecule has 1 aromatic heterocycles. The second-order valence-corrected chi connectivity index (χ2v) is 4.59. The summed E-state index contributed by atoms with van der Waals surface area (Å²) in [6.07, 6.45) is 1.46. The first-order chi connectivity index (χ1) is 7.31. The average Bonchev–Trinajstić information content (AvgIpc) is 2.87. The Morgan fingerprint density at radius 1 is 1.67 bits per heavy atom. The normalized spacial score (nSPS) is 22.1. The topological polar surface area (TPSA) is 76.3 Å². The Morgan fingerprint density at radius 2 is 2.53 bits per heavy atom. The lowest BCUT2D eigenvalue weighted by atomic mass is 10.3. The number of likely N-dealkylation sites (tertiary alicyclic amines) is 1. The van der Waals surface area contributed by atoms with Crippen LogP contribution in [0.1, 0.15) is 11.4 Å². The fourth-order valence-electron chi connectivity index (χ4n) is 1.70. The minimum absolute atomic E-state index is 0.366. The zero-order valence-electron chi connectivity index (χ0n) is 8.64. The van der Waals surface area contributed by atoms with Crippen molar-refractivity contribution in [2.45, 2.75) is 19.1 Å². The summed E-state index contributed by atoms with van der Waals surface area (Å²) in [6, 6.07) is 0. The number of nitrogens with one attached hydrogen (secondary N) is 1. The lowest BCUT2D eigenvalue weighted by Gasteiger charge is -2.12. The van der Waals surface area contributed by atoms with Crippen molar-refractivity contribution in [2.24, 2.45) is 5.84 Å². The van der Waals surface area contributed by atoms with Gasteiger partial charge in [0.25, 0.3) is 0 Å². The zero-order chi connectivity index (χ0) is 10.7. The van der Waals surface area contributed by atoms with Gasteiger partial charge >= 0.3 is 0 Å². The molecule has 0 aromatic carbocycles. The molecule has 2 heterocycles. The van der Waals surface area contributed by atoms with Crippen molar-refractivity contribution in [3.05, 3.63) is 5.01 Å². The van der Waals surface area contributed by atoms with Crippen molar-refractivity contribution in [1.82, 2.24) is 15.1 Å². The zero-order valence-corrected chi connectivity index (χ0v) is 9.46. The van der Waals surface area contributed by atoms with Gasteiger partial charge in [0.1, 0.15) is 5.01 Å². The SMILES string of the molecule is COC1CCN(Cc2nnc(NN)s2)C1. The Hall–Kier alpha value is -0.760. The van der Waals surface area contributed by atoms with Gasteiger partial charge in [-0.1, -0.05) is 11.3 Å². The van der Waals surface area contributed by atoms with Gasteiger partial charge in [-0.25, -0.2) is 5.84 Å². The van der Waals surface area contributed by atoms with Crippen LogP contribution in [-0.2, 0) is 11.3 Å². The van der Waals surface area contributed by atoms with E-state index < -0.39 is 0 Å². The Bertz CT molecular complexity index is 318. The van der Waals surface area contributed by atoms with Crippen molar-refractivity contribution < 1.29 is 4.74 Å². The third kappa shape index (κ3) is 2.63. The summed E-state index contributed by atoms with van der Waals surface area (Å²) < 4.78 is 5.30. The van der Waals surface area contributed by atoms with E-state index in [0.717, 1.165) is 31.1 Å². The maximum Gasteiger partial charge on any atom is 0.219 e. The van der Waals surface area contributed by atoms with E-state index in [4.69, 9.17) is 10.6 Å². The highest BCUT2D eigenvalue weighted by molar-refractivity contribution is 7.15. The largest absolute Gasteiger partial charge is 0.380 e. The number of hydrogen-bond donors (Lipinski definition) is 2. The molecule has 1 aliphatic rings. The van der Waals surface area contributed by atoms with Crippen LogP contribution in [0.15, 0.2) is 0 Å². The van der Waals surface area contributed by atoms with Crippen LogP contribution >= 0.6 is 11.3 Å². The minimum atomic E-state index is 0.366. The van der Waals surface area contributed by atoms with Crippen molar-refractivity contribution in [1.29, 1.82) is 0 Å². The number of anilines is 1. The number of nitrogens with two attached hydrogens (primary N) is 1. The number of nitrogen functional groups attached to an aromatic ring is 1. The van der Waals surface area contributed by atoms with Gasteiger partial charge in [-0.05, 0) is 6.42 Å². The Kier molecular flexibility index (Phi) is 3.47. The second-order valence-electron chi connectivity index (χ2n) is 3.53. The summed E-state index contributed by atoms with van der Waals surface area (Å²) in [5.41, 5.74) is 2.49. The van der Waals surface area contributed by atoms with Crippen LogP contribution in [0.25, 0.3) is 0 Å². The van der Waals surface area contributed by atoms with Crippen LogP contribution in [0.5, 0.6) is 0 Å².